The molecule has 0 aliphatic rings. The van der Waals surface area contributed by atoms with Gasteiger partial charge in [-0.1, -0.05) is 85.2 Å². The number of hydrogen-bond acceptors (Lipinski definition) is 4. The smallest absolute Gasteiger partial charge is 0.253 e. The van der Waals surface area contributed by atoms with Crippen molar-refractivity contribution < 1.29 is 4.79 Å². The minimum atomic E-state index is -0.315. The van der Waals surface area contributed by atoms with Gasteiger partial charge in [0.2, 0.25) is 0 Å². The van der Waals surface area contributed by atoms with E-state index in [1.54, 1.807) is 36.0 Å². The molecule has 31 heavy (non-hydrogen) atoms. The van der Waals surface area contributed by atoms with Crippen molar-refractivity contribution in [2.75, 3.05) is 0 Å². The molecule has 162 valence electrons. The lowest BCUT2D eigenvalue weighted by Crippen LogP contribution is -2.34. The number of thioether (sulfide) groups is 1. The van der Waals surface area contributed by atoms with E-state index in [-0.39, 0.29) is 17.9 Å². The minimum absolute atomic E-state index is 0.106. The van der Waals surface area contributed by atoms with Crippen LogP contribution in [0.3, 0.4) is 0 Å². The van der Waals surface area contributed by atoms with Crippen LogP contribution in [0.4, 0.5) is 0 Å². The molecule has 7 heteroatoms. The fourth-order valence-electron chi connectivity index (χ4n) is 3.16. The zero-order valence-electron chi connectivity index (χ0n) is 18.0. The third kappa shape index (κ3) is 5.77. The molecular formula is C24H27ClN4OS. The molecule has 0 spiro atoms. The number of aryl methyl sites for hydroxylation is 1. The fourth-order valence-corrected chi connectivity index (χ4v) is 4.30. The third-order valence-corrected chi connectivity index (χ3v) is 6.26. The number of halogens is 1. The van der Waals surface area contributed by atoms with Crippen molar-refractivity contribution in [3.05, 3.63) is 88.7 Å². The molecule has 3 rings (SSSR count). The van der Waals surface area contributed by atoms with Crippen molar-refractivity contribution in [3.63, 3.8) is 0 Å². The van der Waals surface area contributed by atoms with Crippen molar-refractivity contribution in [2.45, 2.75) is 44.3 Å². The molecule has 0 radical (unpaired) electrons. The maximum Gasteiger partial charge on any atom is 0.253 e. The predicted molar refractivity (Wildman–Crippen MR) is 127 cm³/mol. The molecule has 1 aromatic heterocycles. The highest BCUT2D eigenvalue weighted by Crippen LogP contribution is 2.28. The molecule has 1 N–H and O–H groups in total. The Hall–Kier alpha value is -2.57. The summed E-state index contributed by atoms with van der Waals surface area (Å²) >= 11 is 7.83. The average Bonchev–Trinajstić information content (AvgIpc) is 3.14. The zero-order chi connectivity index (χ0) is 22.4. The van der Waals surface area contributed by atoms with Crippen LogP contribution in [0.5, 0.6) is 0 Å². The van der Waals surface area contributed by atoms with E-state index in [1.165, 1.54) is 11.1 Å². The van der Waals surface area contributed by atoms with E-state index < -0.39 is 0 Å². The Bertz CT molecular complexity index is 1050. The Kier molecular flexibility index (Phi) is 7.93. The summed E-state index contributed by atoms with van der Waals surface area (Å²) in [5, 5.41) is 13.2. The van der Waals surface area contributed by atoms with Crippen LogP contribution < -0.4 is 5.32 Å². The highest BCUT2D eigenvalue weighted by atomic mass is 35.5. The predicted octanol–water partition coefficient (Wildman–Crippen LogP) is 5.85. The first-order valence-corrected chi connectivity index (χ1v) is 11.5. The topological polar surface area (TPSA) is 59.8 Å². The highest BCUT2D eigenvalue weighted by molar-refractivity contribution is 7.98. The zero-order valence-corrected chi connectivity index (χ0v) is 19.6. The van der Waals surface area contributed by atoms with Gasteiger partial charge in [0.15, 0.2) is 11.0 Å². The van der Waals surface area contributed by atoms with Crippen molar-refractivity contribution in [1.82, 2.24) is 20.1 Å². The number of benzene rings is 2. The maximum atomic E-state index is 12.9. The van der Waals surface area contributed by atoms with Gasteiger partial charge in [0.1, 0.15) is 0 Å². The molecule has 1 heterocycles. The molecule has 0 saturated carbocycles. The quantitative estimate of drug-likeness (QED) is 0.325. The molecule has 0 fully saturated rings. The maximum absolute atomic E-state index is 12.9. The molecule has 0 saturated heterocycles. The molecule has 5 nitrogen and oxygen atoms in total. The molecule has 0 aliphatic heterocycles. The first-order chi connectivity index (χ1) is 14.9. The Morgan fingerprint density at radius 2 is 1.90 bits per heavy atom. The molecule has 1 amide bonds. The highest BCUT2D eigenvalue weighted by Gasteiger charge is 2.26. The monoisotopic (exact) mass is 454 g/mol. The van der Waals surface area contributed by atoms with Crippen LogP contribution in [0, 0.1) is 12.8 Å². The minimum Gasteiger partial charge on any atom is -0.342 e. The van der Waals surface area contributed by atoms with Crippen molar-refractivity contribution in [3.8, 4) is 0 Å². The molecule has 2 aromatic carbocycles. The Morgan fingerprint density at radius 3 is 2.55 bits per heavy atom. The number of carbonyl (C=O) groups excluding carboxylic acids is 1. The Labute approximate surface area is 192 Å². The van der Waals surface area contributed by atoms with E-state index in [0.717, 1.165) is 10.9 Å². The summed E-state index contributed by atoms with van der Waals surface area (Å²) in [6.45, 7) is 10.6. The van der Waals surface area contributed by atoms with Crippen LogP contribution in [-0.4, -0.2) is 20.7 Å². The van der Waals surface area contributed by atoms with E-state index in [2.05, 4.69) is 53.3 Å². The second-order valence-corrected chi connectivity index (χ2v) is 9.04. The molecule has 1 atom stereocenters. The summed E-state index contributed by atoms with van der Waals surface area (Å²) in [6.07, 6.45) is 1.82. The number of hydrogen-bond donors (Lipinski definition) is 1. The van der Waals surface area contributed by atoms with Crippen molar-refractivity contribution >= 4 is 29.3 Å². The standard InChI is InChI=1S/C24H27ClN4OS/c1-5-14-29-22(27-28-24(29)31-15-18-12-10-17(4)11-13-18)21(16(2)3)26-23(30)19-8-6-7-9-20(19)25/h5-13,16,21H,1,14-15H2,2-4H3,(H,26,30)/t21-/m0/s1. The van der Waals surface area contributed by atoms with Gasteiger partial charge >= 0.3 is 0 Å². The van der Waals surface area contributed by atoms with Gasteiger partial charge in [-0.05, 0) is 30.5 Å². The fraction of sp³-hybridized carbons (Fsp3) is 0.292. The van der Waals surface area contributed by atoms with Crippen molar-refractivity contribution in [1.29, 1.82) is 0 Å². The van der Waals surface area contributed by atoms with Crippen molar-refractivity contribution in [2.24, 2.45) is 5.92 Å². The van der Waals surface area contributed by atoms with Crippen LogP contribution in [0.15, 0.2) is 66.3 Å². The first kappa shape index (κ1) is 23.1. The summed E-state index contributed by atoms with van der Waals surface area (Å²) in [7, 11) is 0. The van der Waals surface area contributed by atoms with E-state index in [0.29, 0.717) is 23.0 Å². The molecule has 0 bridgehead atoms. The van der Waals surface area contributed by atoms with Crippen LogP contribution in [0.25, 0.3) is 0 Å². The van der Waals surface area contributed by atoms with E-state index in [9.17, 15) is 4.79 Å². The van der Waals surface area contributed by atoms with E-state index >= 15 is 0 Å². The summed E-state index contributed by atoms with van der Waals surface area (Å²) in [5.41, 5.74) is 2.90. The number of aromatic nitrogens is 3. The number of carbonyl (C=O) groups is 1. The van der Waals surface area contributed by atoms with Crippen LogP contribution >= 0.6 is 23.4 Å². The number of rotatable bonds is 9. The molecule has 0 aliphatic carbocycles. The van der Waals surface area contributed by atoms with E-state index in [4.69, 9.17) is 11.6 Å². The van der Waals surface area contributed by atoms with Gasteiger partial charge in [0, 0.05) is 12.3 Å². The SMILES string of the molecule is C=CCn1c(SCc2ccc(C)cc2)nnc1[C@@H](NC(=O)c1ccccc1Cl)C(C)C. The molecular weight excluding hydrogens is 428 g/mol. The first-order valence-electron chi connectivity index (χ1n) is 10.2. The normalized spacial score (nSPS) is 12.0. The third-order valence-electron chi connectivity index (χ3n) is 4.90. The Balaban J connectivity index is 1.84. The summed E-state index contributed by atoms with van der Waals surface area (Å²) in [5.74, 6) is 1.37. The molecule has 0 unspecified atom stereocenters. The summed E-state index contributed by atoms with van der Waals surface area (Å²) in [6, 6.07) is 15.2. The number of amides is 1. The van der Waals surface area contributed by atoms with Gasteiger partial charge in [-0.3, -0.25) is 4.79 Å². The summed E-state index contributed by atoms with van der Waals surface area (Å²) < 4.78 is 2.02. The lowest BCUT2D eigenvalue weighted by atomic mass is 10.0. The molecule has 3 aromatic rings. The van der Waals surface area contributed by atoms with Crippen LogP contribution in [0.1, 0.15) is 47.2 Å². The van der Waals surface area contributed by atoms with Gasteiger partial charge in [-0.15, -0.1) is 16.8 Å². The lowest BCUT2D eigenvalue weighted by Gasteiger charge is -2.23. The van der Waals surface area contributed by atoms with Gasteiger partial charge in [0.25, 0.3) is 5.91 Å². The van der Waals surface area contributed by atoms with Gasteiger partial charge in [0.05, 0.1) is 16.6 Å². The van der Waals surface area contributed by atoms with Gasteiger partial charge in [-0.25, -0.2) is 0 Å². The van der Waals surface area contributed by atoms with Gasteiger partial charge < -0.3 is 9.88 Å². The number of allylic oxidation sites excluding steroid dienone is 1. The number of nitrogens with zero attached hydrogens (tertiary/aromatic N) is 3. The van der Waals surface area contributed by atoms with Crippen LogP contribution in [-0.2, 0) is 12.3 Å². The second kappa shape index (κ2) is 10.6. The average molecular weight is 455 g/mol. The van der Waals surface area contributed by atoms with E-state index in [1.807, 2.05) is 24.5 Å². The number of nitrogens with one attached hydrogen (secondary N) is 1. The summed E-state index contributed by atoms with van der Waals surface area (Å²) in [4.78, 5) is 12.9. The lowest BCUT2D eigenvalue weighted by molar-refractivity contribution is 0.0922. The Morgan fingerprint density at radius 1 is 1.19 bits per heavy atom. The second-order valence-electron chi connectivity index (χ2n) is 7.69. The van der Waals surface area contributed by atoms with Gasteiger partial charge in [-0.2, -0.15) is 0 Å². The largest absolute Gasteiger partial charge is 0.342 e. The van der Waals surface area contributed by atoms with Crippen LogP contribution in [0.2, 0.25) is 5.02 Å².